The van der Waals surface area contributed by atoms with E-state index in [1.54, 1.807) is 43.4 Å². The molecule has 0 saturated carbocycles. The van der Waals surface area contributed by atoms with Gasteiger partial charge in [0.15, 0.2) is 18.2 Å². The fraction of sp³-hybridized carbons (Fsp3) is 0.314. The Morgan fingerprint density at radius 1 is 1.08 bits per heavy atom. The Morgan fingerprint density at radius 2 is 1.91 bits per heavy atom. The molecule has 53 heavy (non-hydrogen) atoms. The zero-order chi connectivity index (χ0) is 37.4. The number of hydrogen-bond acceptors (Lipinski definition) is 13. The van der Waals surface area contributed by atoms with Gasteiger partial charge in [-0.05, 0) is 42.8 Å². The molecule has 2 unspecified atom stereocenters. The number of rotatable bonds is 10. The zero-order valence-electron chi connectivity index (χ0n) is 28.5. The molecule has 274 valence electrons. The summed E-state index contributed by atoms with van der Waals surface area (Å²) in [6.07, 6.45) is 1.07. The van der Waals surface area contributed by atoms with E-state index >= 15 is 0 Å². The number of imide groups is 2. The summed E-state index contributed by atoms with van der Waals surface area (Å²) in [5.41, 5.74) is 1.05. The first kappa shape index (κ1) is 35.3. The number of nitrogens with one attached hydrogen (secondary N) is 3. The third-order valence-corrected chi connectivity index (χ3v) is 9.38. The van der Waals surface area contributed by atoms with Crippen LogP contribution in [-0.2, 0) is 26.2 Å². The monoisotopic (exact) mass is 744 g/mol. The van der Waals surface area contributed by atoms with Gasteiger partial charge in [0.2, 0.25) is 17.8 Å². The Morgan fingerprint density at radius 3 is 2.70 bits per heavy atom. The Hall–Kier alpha value is -6.07. The van der Waals surface area contributed by atoms with Crippen LogP contribution in [0, 0.1) is 0 Å². The van der Waals surface area contributed by atoms with Crippen LogP contribution in [0.15, 0.2) is 53.5 Å². The molecule has 5 amide bonds. The zero-order valence-corrected chi connectivity index (χ0v) is 29.3. The van der Waals surface area contributed by atoms with E-state index in [9.17, 15) is 28.8 Å². The predicted molar refractivity (Wildman–Crippen MR) is 190 cm³/mol. The number of fused-ring (bicyclic) bond motifs is 2. The minimum absolute atomic E-state index is 0.0171. The van der Waals surface area contributed by atoms with Gasteiger partial charge < -0.3 is 34.3 Å². The molecule has 0 aliphatic carbocycles. The third-order valence-electron chi connectivity index (χ3n) is 9.10. The number of halogens is 1. The highest BCUT2D eigenvalue weighted by Crippen LogP contribution is 2.34. The van der Waals surface area contributed by atoms with Crippen LogP contribution in [0.5, 0.6) is 11.5 Å². The highest BCUT2D eigenvalue weighted by Gasteiger charge is 2.46. The summed E-state index contributed by atoms with van der Waals surface area (Å²) in [5.74, 6) is -1.90. The van der Waals surface area contributed by atoms with E-state index < -0.39 is 35.8 Å². The van der Waals surface area contributed by atoms with Crippen molar-refractivity contribution in [2.45, 2.75) is 25.0 Å². The lowest BCUT2D eigenvalue weighted by atomic mass is 10.0. The molecule has 2 saturated heterocycles. The number of anilines is 3. The number of carbonyl (C=O) groups is 5. The second-order valence-corrected chi connectivity index (χ2v) is 12.9. The van der Waals surface area contributed by atoms with Crippen LogP contribution in [0.25, 0.3) is 10.9 Å². The van der Waals surface area contributed by atoms with Crippen LogP contribution in [0.1, 0.15) is 33.6 Å². The molecule has 0 bridgehead atoms. The number of hydrogen-bond donors (Lipinski definition) is 3. The molecule has 3 aliphatic heterocycles. The lowest BCUT2D eigenvalue weighted by molar-refractivity contribution is -0.136. The Bertz CT molecular complexity index is 2250. The van der Waals surface area contributed by atoms with Crippen molar-refractivity contribution in [2.24, 2.45) is 7.05 Å². The molecule has 0 spiro atoms. The highest BCUT2D eigenvalue weighted by atomic mass is 35.5. The van der Waals surface area contributed by atoms with Gasteiger partial charge in [-0.25, -0.2) is 4.98 Å². The average molecular weight is 745 g/mol. The molecule has 2 fully saturated rings. The van der Waals surface area contributed by atoms with Crippen molar-refractivity contribution in [1.29, 1.82) is 0 Å². The van der Waals surface area contributed by atoms with E-state index in [4.69, 9.17) is 25.8 Å². The third kappa shape index (κ3) is 6.95. The number of ether oxygens (including phenoxy) is 3. The van der Waals surface area contributed by atoms with Crippen molar-refractivity contribution < 1.29 is 38.2 Å². The van der Waals surface area contributed by atoms with E-state index in [1.807, 2.05) is 4.90 Å². The molecular formula is C35H33ClN8O9. The smallest absolute Gasteiger partial charge is 0.293 e. The summed E-state index contributed by atoms with van der Waals surface area (Å²) >= 11 is 6.50. The summed E-state index contributed by atoms with van der Waals surface area (Å²) in [6, 6.07) is 10.5. The first-order valence-electron chi connectivity index (χ1n) is 16.6. The van der Waals surface area contributed by atoms with E-state index in [0.29, 0.717) is 48.1 Å². The van der Waals surface area contributed by atoms with E-state index in [1.165, 1.54) is 23.9 Å². The molecule has 3 aliphatic rings. The van der Waals surface area contributed by atoms with Gasteiger partial charge in [0.25, 0.3) is 23.3 Å². The molecule has 2 aromatic heterocycles. The van der Waals surface area contributed by atoms with E-state index in [-0.39, 0.29) is 65.2 Å². The van der Waals surface area contributed by atoms with Crippen molar-refractivity contribution in [3.63, 3.8) is 0 Å². The summed E-state index contributed by atoms with van der Waals surface area (Å²) in [5, 5.41) is 8.79. The number of pyridine rings is 1. The van der Waals surface area contributed by atoms with E-state index in [0.717, 1.165) is 4.90 Å². The highest BCUT2D eigenvalue weighted by molar-refractivity contribution is 6.33. The first-order valence-corrected chi connectivity index (χ1v) is 17.0. The number of carbonyl (C=O) groups excluding carboxylic acids is 5. The maximum absolute atomic E-state index is 13.5. The molecule has 7 rings (SSSR count). The Kier molecular flexibility index (Phi) is 9.68. The second-order valence-electron chi connectivity index (χ2n) is 12.5. The number of amides is 5. The van der Waals surface area contributed by atoms with Gasteiger partial charge in [-0.3, -0.25) is 39.0 Å². The first-order chi connectivity index (χ1) is 25.5. The molecule has 2 aromatic carbocycles. The molecule has 4 aromatic rings. The lowest BCUT2D eigenvalue weighted by Gasteiger charge is -2.33. The van der Waals surface area contributed by atoms with Gasteiger partial charge in [-0.15, -0.1) is 0 Å². The van der Waals surface area contributed by atoms with Crippen molar-refractivity contribution in [1.82, 2.24) is 30.1 Å². The fourth-order valence-corrected chi connectivity index (χ4v) is 6.51. The summed E-state index contributed by atoms with van der Waals surface area (Å²) in [4.78, 5) is 87.1. The standard InChI is InChI=1S/C35H33ClN8O9/c1-37-28(46)17-53-26-13-18-12-19(6-7-23(18)42(2)33(26)49)39-30-22(36)14-38-35(41-30)43-10-11-51-20(15-43)16-52-25-5-3-4-21-29(25)34(50)44(32(21)48)24-8-9-27(45)40-31(24)47/h3-7,12-14,20,24H,8-11,15-17H2,1-2H3,(H,37,46)(H,38,39,41)(H,40,45,47). The molecule has 18 heteroatoms. The molecule has 2 atom stereocenters. The van der Waals surface area contributed by atoms with Crippen molar-refractivity contribution in [3.05, 3.63) is 75.2 Å². The maximum Gasteiger partial charge on any atom is 0.293 e. The van der Waals surface area contributed by atoms with Crippen LogP contribution in [0.4, 0.5) is 17.5 Å². The van der Waals surface area contributed by atoms with Crippen molar-refractivity contribution >= 4 is 69.5 Å². The molecule has 0 radical (unpaired) electrons. The van der Waals surface area contributed by atoms with Gasteiger partial charge in [0.05, 0.1) is 36.0 Å². The number of nitrogens with zero attached hydrogens (tertiary/aromatic N) is 5. The van der Waals surface area contributed by atoms with Gasteiger partial charge in [-0.2, -0.15) is 4.98 Å². The average Bonchev–Trinajstić information content (AvgIpc) is 3.41. The number of aryl methyl sites for hydroxylation is 1. The van der Waals surface area contributed by atoms with Crippen molar-refractivity contribution in [2.75, 3.05) is 50.2 Å². The normalized spacial score (nSPS) is 18.5. The number of aromatic nitrogens is 3. The van der Waals surface area contributed by atoms with Gasteiger partial charge in [0, 0.05) is 38.1 Å². The van der Waals surface area contributed by atoms with Crippen LogP contribution in [-0.4, -0.2) is 101 Å². The number of morpholine rings is 1. The summed E-state index contributed by atoms with van der Waals surface area (Å²) in [6.45, 7) is 0.844. The quantitative estimate of drug-likeness (QED) is 0.198. The number of likely N-dealkylation sites (N-methyl/N-ethyl adjacent to an activating group) is 1. The molecular weight excluding hydrogens is 712 g/mol. The van der Waals surface area contributed by atoms with Crippen molar-refractivity contribution in [3.8, 4) is 11.5 Å². The van der Waals surface area contributed by atoms with Crippen LogP contribution in [0.3, 0.4) is 0 Å². The number of benzene rings is 2. The topological polar surface area (TPSA) is 203 Å². The van der Waals surface area contributed by atoms with Crippen LogP contribution < -0.4 is 35.9 Å². The Balaban J connectivity index is 1.03. The summed E-state index contributed by atoms with van der Waals surface area (Å²) < 4.78 is 18.9. The van der Waals surface area contributed by atoms with Gasteiger partial charge >= 0.3 is 0 Å². The van der Waals surface area contributed by atoms with Crippen LogP contribution in [0.2, 0.25) is 5.02 Å². The summed E-state index contributed by atoms with van der Waals surface area (Å²) in [7, 11) is 3.09. The van der Waals surface area contributed by atoms with Gasteiger partial charge in [-0.1, -0.05) is 17.7 Å². The largest absolute Gasteiger partial charge is 0.490 e. The maximum atomic E-state index is 13.5. The fourth-order valence-electron chi connectivity index (χ4n) is 6.37. The SMILES string of the molecule is CNC(=O)COc1cc2cc(Nc3nc(N4CCOC(COc5cccc6c5C(=O)N(C5CCC(=O)NC5=O)C6=O)C4)ncc3Cl)ccc2n(C)c1=O. The lowest BCUT2D eigenvalue weighted by Crippen LogP contribution is -2.54. The number of piperidine rings is 1. The van der Waals surface area contributed by atoms with Crippen LogP contribution >= 0.6 is 11.6 Å². The minimum atomic E-state index is -1.09. The van der Waals surface area contributed by atoms with Gasteiger partial charge in [0.1, 0.15) is 29.5 Å². The second kappa shape index (κ2) is 14.5. The Labute approximate surface area is 306 Å². The van der Waals surface area contributed by atoms with E-state index in [2.05, 4.69) is 25.9 Å². The predicted octanol–water partition coefficient (Wildman–Crippen LogP) is 1.54. The minimum Gasteiger partial charge on any atom is -0.490 e. The molecule has 5 heterocycles. The molecule has 3 N–H and O–H groups in total. The molecule has 17 nitrogen and oxygen atoms in total.